The van der Waals surface area contributed by atoms with Gasteiger partial charge >= 0.3 is 5.97 Å². The molecule has 0 bridgehead atoms. The van der Waals surface area contributed by atoms with Gasteiger partial charge < -0.3 is 5.11 Å². The Morgan fingerprint density at radius 3 is 2.44 bits per heavy atom. The van der Waals surface area contributed by atoms with Crippen molar-refractivity contribution in [2.24, 2.45) is 5.92 Å². The van der Waals surface area contributed by atoms with Gasteiger partial charge in [0.1, 0.15) is 0 Å². The highest BCUT2D eigenvalue weighted by molar-refractivity contribution is 7.98. The van der Waals surface area contributed by atoms with Crippen LogP contribution in [0, 0.1) is 19.8 Å². The summed E-state index contributed by atoms with van der Waals surface area (Å²) in [7, 11) is 0. The molecule has 0 aliphatic rings. The molecule has 0 saturated heterocycles. The van der Waals surface area contributed by atoms with E-state index in [9.17, 15) is 4.79 Å². The molecule has 3 heteroatoms. The number of carbonyl (C=O) groups is 1. The highest BCUT2D eigenvalue weighted by Gasteiger charge is 2.11. The number of benzene rings is 1. The SMILES string of the molecule is Cc1cccc(C)c1CSCC(C)C(=O)O. The number of hydrogen-bond acceptors (Lipinski definition) is 2. The Balaban J connectivity index is 2.52. The highest BCUT2D eigenvalue weighted by atomic mass is 32.2. The summed E-state index contributed by atoms with van der Waals surface area (Å²) in [5.41, 5.74) is 3.91. The van der Waals surface area contributed by atoms with Gasteiger partial charge in [-0.3, -0.25) is 4.79 Å². The summed E-state index contributed by atoms with van der Waals surface area (Å²) in [6, 6.07) is 6.26. The van der Waals surface area contributed by atoms with E-state index in [0.717, 1.165) is 5.75 Å². The van der Waals surface area contributed by atoms with Gasteiger partial charge in [0.25, 0.3) is 0 Å². The van der Waals surface area contributed by atoms with Crippen molar-refractivity contribution in [3.05, 3.63) is 34.9 Å². The molecule has 0 spiro atoms. The molecular formula is C13H18O2S. The van der Waals surface area contributed by atoms with Crippen molar-refractivity contribution in [1.29, 1.82) is 0 Å². The predicted molar refractivity (Wildman–Crippen MR) is 68.9 cm³/mol. The number of hydrogen-bond donors (Lipinski definition) is 1. The van der Waals surface area contributed by atoms with Crippen molar-refractivity contribution in [3.8, 4) is 0 Å². The van der Waals surface area contributed by atoms with Crippen LogP contribution in [-0.4, -0.2) is 16.8 Å². The molecule has 2 nitrogen and oxygen atoms in total. The van der Waals surface area contributed by atoms with Crippen LogP contribution in [0.25, 0.3) is 0 Å². The number of carboxylic acids is 1. The van der Waals surface area contributed by atoms with E-state index < -0.39 is 5.97 Å². The lowest BCUT2D eigenvalue weighted by atomic mass is 10.1. The number of rotatable bonds is 5. The first-order chi connectivity index (χ1) is 7.52. The number of aliphatic carboxylic acids is 1. The lowest BCUT2D eigenvalue weighted by Crippen LogP contribution is -2.12. The molecule has 1 aromatic rings. The molecular weight excluding hydrogens is 220 g/mol. The zero-order valence-corrected chi connectivity index (χ0v) is 10.8. The van der Waals surface area contributed by atoms with Crippen LogP contribution in [0.5, 0.6) is 0 Å². The molecule has 0 radical (unpaired) electrons. The quantitative estimate of drug-likeness (QED) is 0.855. The van der Waals surface area contributed by atoms with E-state index in [4.69, 9.17) is 5.11 Å². The van der Waals surface area contributed by atoms with Crippen LogP contribution in [-0.2, 0) is 10.5 Å². The second-order valence-corrected chi connectivity index (χ2v) is 5.16. The Morgan fingerprint density at radius 1 is 1.38 bits per heavy atom. The van der Waals surface area contributed by atoms with Crippen LogP contribution in [0.2, 0.25) is 0 Å². The van der Waals surface area contributed by atoms with E-state index in [2.05, 4.69) is 32.0 Å². The summed E-state index contributed by atoms with van der Waals surface area (Å²) in [6.07, 6.45) is 0. The van der Waals surface area contributed by atoms with Crippen LogP contribution >= 0.6 is 11.8 Å². The third-order valence-electron chi connectivity index (χ3n) is 2.68. The summed E-state index contributed by atoms with van der Waals surface area (Å²) in [5.74, 6) is 0.586. The number of carboxylic acid groups (broad SMARTS) is 1. The van der Waals surface area contributed by atoms with E-state index in [-0.39, 0.29) is 5.92 Å². The Kier molecular flexibility index (Phi) is 4.87. The van der Waals surface area contributed by atoms with Gasteiger partial charge in [0.2, 0.25) is 0 Å². The van der Waals surface area contributed by atoms with Gasteiger partial charge in [0.15, 0.2) is 0 Å². The zero-order chi connectivity index (χ0) is 12.1. The van der Waals surface area contributed by atoms with Crippen LogP contribution in [0.1, 0.15) is 23.6 Å². The second kappa shape index (κ2) is 5.94. The smallest absolute Gasteiger partial charge is 0.307 e. The summed E-state index contributed by atoms with van der Waals surface area (Å²) in [5, 5.41) is 8.78. The first kappa shape index (κ1) is 13.1. The van der Waals surface area contributed by atoms with Crippen molar-refractivity contribution in [2.45, 2.75) is 26.5 Å². The van der Waals surface area contributed by atoms with E-state index in [0.29, 0.717) is 5.75 Å². The Morgan fingerprint density at radius 2 is 1.94 bits per heavy atom. The molecule has 1 N–H and O–H groups in total. The fourth-order valence-corrected chi connectivity index (χ4v) is 2.76. The van der Waals surface area contributed by atoms with Gasteiger partial charge in [-0.2, -0.15) is 11.8 Å². The molecule has 0 amide bonds. The normalized spacial score (nSPS) is 12.4. The summed E-state index contributed by atoms with van der Waals surface area (Å²) in [6.45, 7) is 5.95. The maximum atomic E-state index is 10.7. The molecule has 88 valence electrons. The first-order valence-electron chi connectivity index (χ1n) is 5.38. The average Bonchev–Trinajstić information content (AvgIpc) is 2.22. The van der Waals surface area contributed by atoms with Crippen LogP contribution in [0.3, 0.4) is 0 Å². The van der Waals surface area contributed by atoms with Gasteiger partial charge in [-0.25, -0.2) is 0 Å². The number of thioether (sulfide) groups is 1. The van der Waals surface area contributed by atoms with Gasteiger partial charge in [-0.1, -0.05) is 25.1 Å². The largest absolute Gasteiger partial charge is 0.481 e. The van der Waals surface area contributed by atoms with E-state index >= 15 is 0 Å². The minimum atomic E-state index is -0.714. The summed E-state index contributed by atoms with van der Waals surface area (Å²) < 4.78 is 0. The van der Waals surface area contributed by atoms with Crippen molar-refractivity contribution < 1.29 is 9.90 Å². The van der Waals surface area contributed by atoms with Crippen molar-refractivity contribution >= 4 is 17.7 Å². The maximum Gasteiger partial charge on any atom is 0.307 e. The number of aryl methyl sites for hydroxylation is 2. The first-order valence-corrected chi connectivity index (χ1v) is 6.53. The third kappa shape index (κ3) is 3.56. The minimum absolute atomic E-state index is 0.269. The van der Waals surface area contributed by atoms with Crippen molar-refractivity contribution in [1.82, 2.24) is 0 Å². The standard InChI is InChI=1S/C13H18O2S/c1-9-5-4-6-10(2)12(9)8-16-7-11(3)13(14)15/h4-6,11H,7-8H2,1-3H3,(H,14,15). The molecule has 0 saturated carbocycles. The van der Waals surface area contributed by atoms with Crippen molar-refractivity contribution in [2.75, 3.05) is 5.75 Å². The molecule has 1 unspecified atom stereocenters. The van der Waals surface area contributed by atoms with Crippen molar-refractivity contribution in [3.63, 3.8) is 0 Å². The molecule has 0 heterocycles. The van der Waals surface area contributed by atoms with E-state index in [1.165, 1.54) is 16.7 Å². The molecule has 0 fully saturated rings. The lowest BCUT2D eigenvalue weighted by Gasteiger charge is -2.10. The Bertz CT molecular complexity index is 354. The van der Waals surface area contributed by atoms with Crippen LogP contribution in [0.15, 0.2) is 18.2 Å². The molecule has 0 aliphatic carbocycles. The Hall–Kier alpha value is -0.960. The summed E-state index contributed by atoms with van der Waals surface area (Å²) >= 11 is 1.69. The molecule has 1 rings (SSSR count). The Labute approximate surface area is 101 Å². The van der Waals surface area contributed by atoms with E-state index in [1.807, 2.05) is 0 Å². The maximum absolute atomic E-state index is 10.7. The topological polar surface area (TPSA) is 37.3 Å². The zero-order valence-electron chi connectivity index (χ0n) is 9.99. The monoisotopic (exact) mass is 238 g/mol. The van der Waals surface area contributed by atoms with E-state index in [1.54, 1.807) is 18.7 Å². The molecule has 0 aromatic heterocycles. The molecule has 16 heavy (non-hydrogen) atoms. The molecule has 0 aliphatic heterocycles. The fraction of sp³-hybridized carbons (Fsp3) is 0.462. The van der Waals surface area contributed by atoms with Gasteiger partial charge in [0.05, 0.1) is 5.92 Å². The van der Waals surface area contributed by atoms with Gasteiger partial charge in [-0.15, -0.1) is 0 Å². The third-order valence-corrected chi connectivity index (χ3v) is 3.91. The summed E-state index contributed by atoms with van der Waals surface area (Å²) in [4.78, 5) is 10.7. The predicted octanol–water partition coefficient (Wildman–Crippen LogP) is 3.26. The minimum Gasteiger partial charge on any atom is -0.481 e. The second-order valence-electron chi connectivity index (χ2n) is 4.12. The molecule has 1 atom stereocenters. The fourth-order valence-electron chi connectivity index (χ4n) is 1.49. The lowest BCUT2D eigenvalue weighted by molar-refractivity contribution is -0.140. The highest BCUT2D eigenvalue weighted by Crippen LogP contribution is 2.21. The van der Waals surface area contributed by atoms with Crippen LogP contribution < -0.4 is 0 Å². The van der Waals surface area contributed by atoms with Gasteiger partial charge in [-0.05, 0) is 30.5 Å². The average molecular weight is 238 g/mol. The van der Waals surface area contributed by atoms with Crippen LogP contribution in [0.4, 0.5) is 0 Å². The molecule has 1 aromatic carbocycles. The van der Waals surface area contributed by atoms with Gasteiger partial charge in [0, 0.05) is 11.5 Å².